The fourth-order valence-corrected chi connectivity index (χ4v) is 5.52. The van der Waals surface area contributed by atoms with E-state index in [0.717, 1.165) is 44.2 Å². The first kappa shape index (κ1) is 24.8. The number of benzene rings is 2. The normalized spacial score (nSPS) is 16.1. The van der Waals surface area contributed by atoms with Crippen molar-refractivity contribution in [3.63, 3.8) is 0 Å². The zero-order valence-electron chi connectivity index (χ0n) is 17.6. The van der Waals surface area contributed by atoms with Gasteiger partial charge in [-0.15, -0.1) is 13.2 Å². The van der Waals surface area contributed by atoms with Gasteiger partial charge in [-0.3, -0.25) is 10.0 Å². The average molecular weight is 487 g/mol. The lowest BCUT2D eigenvalue weighted by Gasteiger charge is -2.33. The second-order valence-corrected chi connectivity index (χ2v) is 9.86. The van der Waals surface area contributed by atoms with Gasteiger partial charge in [0.2, 0.25) is 6.41 Å². The van der Waals surface area contributed by atoms with E-state index >= 15 is 0 Å². The van der Waals surface area contributed by atoms with Gasteiger partial charge < -0.3 is 9.47 Å². The second kappa shape index (κ2) is 10.4. The molecule has 11 heteroatoms. The Kier molecular flexibility index (Phi) is 7.85. The third-order valence-electron chi connectivity index (χ3n) is 5.51. The lowest BCUT2D eigenvalue weighted by molar-refractivity contribution is -0.274. The van der Waals surface area contributed by atoms with Crippen LogP contribution in [-0.4, -0.2) is 43.3 Å². The summed E-state index contributed by atoms with van der Waals surface area (Å²) in [5, 5.41) is 10.4. The first-order valence-electron chi connectivity index (χ1n) is 10.4. The van der Waals surface area contributed by atoms with Crippen molar-refractivity contribution in [2.24, 2.45) is 5.92 Å². The van der Waals surface area contributed by atoms with Crippen LogP contribution in [0.1, 0.15) is 32.1 Å². The topological polar surface area (TPSA) is 93.1 Å². The van der Waals surface area contributed by atoms with Crippen LogP contribution in [0.15, 0.2) is 53.4 Å². The predicted molar refractivity (Wildman–Crippen MR) is 112 cm³/mol. The van der Waals surface area contributed by atoms with Gasteiger partial charge in [-0.2, -0.15) is 0 Å². The molecule has 0 aliphatic heterocycles. The summed E-state index contributed by atoms with van der Waals surface area (Å²) in [6.45, 7) is 0. The molecule has 1 amide bonds. The lowest BCUT2D eigenvalue weighted by atomic mass is 9.84. The van der Waals surface area contributed by atoms with E-state index in [9.17, 15) is 31.6 Å². The molecular weight excluding hydrogens is 463 g/mol. The lowest BCUT2D eigenvalue weighted by Crippen LogP contribution is -2.43. The van der Waals surface area contributed by atoms with Crippen LogP contribution in [0.4, 0.5) is 13.2 Å². The van der Waals surface area contributed by atoms with Crippen molar-refractivity contribution >= 4 is 16.2 Å². The maximum absolute atomic E-state index is 12.9. The molecule has 0 bridgehead atoms. The summed E-state index contributed by atoms with van der Waals surface area (Å²) >= 11 is 0. The fourth-order valence-electron chi connectivity index (χ4n) is 3.91. The van der Waals surface area contributed by atoms with Crippen LogP contribution < -0.4 is 9.47 Å². The summed E-state index contributed by atoms with van der Waals surface area (Å²) in [6, 6.07) is 9.45. The molecule has 0 radical (unpaired) electrons. The van der Waals surface area contributed by atoms with Gasteiger partial charge in [0, 0.05) is 0 Å². The summed E-state index contributed by atoms with van der Waals surface area (Å²) in [5.74, 6) is -0.389. The van der Waals surface area contributed by atoms with Crippen molar-refractivity contribution in [3.05, 3.63) is 48.5 Å². The molecule has 7 nitrogen and oxygen atoms in total. The van der Waals surface area contributed by atoms with Gasteiger partial charge in [0.25, 0.3) is 0 Å². The number of amides is 1. The highest BCUT2D eigenvalue weighted by molar-refractivity contribution is 7.91. The van der Waals surface area contributed by atoms with E-state index in [-0.39, 0.29) is 28.7 Å². The van der Waals surface area contributed by atoms with Gasteiger partial charge in [-0.25, -0.2) is 13.5 Å². The van der Waals surface area contributed by atoms with E-state index in [0.29, 0.717) is 5.06 Å². The van der Waals surface area contributed by atoms with Gasteiger partial charge in [0.1, 0.15) is 17.2 Å². The average Bonchev–Trinajstić information content (AvgIpc) is 2.78. The smallest absolute Gasteiger partial charge is 0.457 e. The highest BCUT2D eigenvalue weighted by Crippen LogP contribution is 2.31. The Morgan fingerprint density at radius 1 is 0.970 bits per heavy atom. The third-order valence-corrected chi connectivity index (χ3v) is 7.28. The van der Waals surface area contributed by atoms with E-state index in [2.05, 4.69) is 4.74 Å². The Balaban J connectivity index is 1.68. The Bertz CT molecular complexity index is 1020. The molecule has 1 atom stereocenters. The van der Waals surface area contributed by atoms with Crippen LogP contribution in [0.3, 0.4) is 0 Å². The van der Waals surface area contributed by atoms with Gasteiger partial charge >= 0.3 is 6.36 Å². The number of alkyl halides is 3. The number of sulfone groups is 1. The van der Waals surface area contributed by atoms with Crippen LogP contribution in [0.2, 0.25) is 0 Å². The van der Waals surface area contributed by atoms with E-state index < -0.39 is 33.7 Å². The summed E-state index contributed by atoms with van der Waals surface area (Å²) in [5.41, 5.74) is 0. The zero-order chi connectivity index (χ0) is 24.1. The predicted octanol–water partition coefficient (Wildman–Crippen LogP) is 4.95. The number of rotatable bonds is 9. The number of hydrogen-bond donors (Lipinski definition) is 1. The molecule has 1 saturated carbocycles. The molecule has 1 fully saturated rings. The Morgan fingerprint density at radius 2 is 1.48 bits per heavy atom. The highest BCUT2D eigenvalue weighted by Gasteiger charge is 2.33. The second-order valence-electron chi connectivity index (χ2n) is 7.82. The highest BCUT2D eigenvalue weighted by atomic mass is 32.2. The molecule has 0 spiro atoms. The molecular formula is C22H24F3NO6S. The molecule has 1 unspecified atom stereocenters. The van der Waals surface area contributed by atoms with Crippen molar-refractivity contribution in [2.75, 3.05) is 5.75 Å². The minimum Gasteiger partial charge on any atom is -0.457 e. The molecule has 1 aliphatic carbocycles. The maximum atomic E-state index is 12.9. The third kappa shape index (κ3) is 7.10. The number of nitrogens with zero attached hydrogens (tertiary/aromatic N) is 1. The van der Waals surface area contributed by atoms with Crippen molar-refractivity contribution < 1.29 is 41.1 Å². The molecule has 3 rings (SSSR count). The summed E-state index contributed by atoms with van der Waals surface area (Å²) < 4.78 is 71.9. The molecule has 2 aromatic carbocycles. The number of carbonyl (C=O) groups is 1. The minimum atomic E-state index is -4.79. The molecule has 180 valence electrons. The Hall–Kier alpha value is -2.79. The van der Waals surface area contributed by atoms with E-state index in [1.165, 1.54) is 36.4 Å². The summed E-state index contributed by atoms with van der Waals surface area (Å²) in [4.78, 5) is 11.1. The molecule has 33 heavy (non-hydrogen) atoms. The minimum absolute atomic E-state index is 0.00360. The summed E-state index contributed by atoms with van der Waals surface area (Å²) in [7, 11) is -3.82. The number of halogens is 3. The standard InChI is InChI=1S/C22H24F3NO6S/c23-22(24,25)32-19-8-6-17(7-9-19)31-18-10-12-20(13-11-18)33(29,30)14-21(26(28)15-27)16-4-2-1-3-5-16/h6-13,15-16,21,28H,1-5,14H2. The quantitative estimate of drug-likeness (QED) is 0.306. The molecule has 1 aliphatic rings. The Labute approximate surface area is 189 Å². The SMILES string of the molecule is O=CN(O)C(CS(=O)(=O)c1ccc(Oc2ccc(OC(F)(F)F)cc2)cc1)C1CCCCC1. The van der Waals surface area contributed by atoms with Crippen LogP contribution >= 0.6 is 0 Å². The Morgan fingerprint density at radius 3 is 2.00 bits per heavy atom. The van der Waals surface area contributed by atoms with Crippen LogP contribution in [0.25, 0.3) is 0 Å². The van der Waals surface area contributed by atoms with Crippen molar-refractivity contribution in [1.82, 2.24) is 5.06 Å². The molecule has 0 heterocycles. The zero-order valence-corrected chi connectivity index (χ0v) is 18.4. The van der Waals surface area contributed by atoms with E-state index in [1.54, 1.807) is 0 Å². The first-order valence-corrected chi connectivity index (χ1v) is 12.0. The first-order chi connectivity index (χ1) is 15.6. The molecule has 0 aromatic heterocycles. The number of ether oxygens (including phenoxy) is 2. The largest absolute Gasteiger partial charge is 0.573 e. The number of carbonyl (C=O) groups excluding carboxylic acids is 1. The fraction of sp³-hybridized carbons (Fsp3) is 0.409. The number of hydroxylamine groups is 2. The van der Waals surface area contributed by atoms with Gasteiger partial charge in [0.05, 0.1) is 16.7 Å². The van der Waals surface area contributed by atoms with E-state index in [1.807, 2.05) is 0 Å². The number of hydrogen-bond acceptors (Lipinski definition) is 6. The molecule has 0 saturated heterocycles. The summed E-state index contributed by atoms with van der Waals surface area (Å²) in [6.07, 6.45) is -0.195. The maximum Gasteiger partial charge on any atom is 0.573 e. The van der Waals surface area contributed by atoms with Gasteiger partial charge in [0.15, 0.2) is 9.84 Å². The monoisotopic (exact) mass is 487 g/mol. The van der Waals surface area contributed by atoms with Crippen molar-refractivity contribution in [2.45, 2.75) is 49.4 Å². The van der Waals surface area contributed by atoms with Crippen molar-refractivity contribution in [3.8, 4) is 17.2 Å². The van der Waals surface area contributed by atoms with E-state index in [4.69, 9.17) is 4.74 Å². The molecule has 1 N–H and O–H groups in total. The van der Waals surface area contributed by atoms with Crippen LogP contribution in [0, 0.1) is 5.92 Å². The van der Waals surface area contributed by atoms with Crippen molar-refractivity contribution in [1.29, 1.82) is 0 Å². The molecule has 2 aromatic rings. The van der Waals surface area contributed by atoms with Gasteiger partial charge in [-0.1, -0.05) is 19.3 Å². The van der Waals surface area contributed by atoms with Crippen LogP contribution in [-0.2, 0) is 14.6 Å². The van der Waals surface area contributed by atoms with Gasteiger partial charge in [-0.05, 0) is 67.3 Å². The van der Waals surface area contributed by atoms with Crippen LogP contribution in [0.5, 0.6) is 17.2 Å².